The number of ether oxygens (including phenoxy) is 2. The second-order valence-electron chi connectivity index (χ2n) is 5.83. The summed E-state index contributed by atoms with van der Waals surface area (Å²) in [5, 5.41) is 19.3. The minimum absolute atomic E-state index is 0.0113. The summed E-state index contributed by atoms with van der Waals surface area (Å²) in [4.78, 5) is 35.2. The van der Waals surface area contributed by atoms with Gasteiger partial charge in [0.1, 0.15) is 13.2 Å². The van der Waals surface area contributed by atoms with E-state index in [9.17, 15) is 24.6 Å². The monoisotopic (exact) mass is 372 g/mol. The van der Waals surface area contributed by atoms with Crippen LogP contribution >= 0.6 is 0 Å². The topological polar surface area (TPSA) is 110 Å². The van der Waals surface area contributed by atoms with E-state index in [0.717, 1.165) is 5.56 Å². The number of carbonyl (C=O) groups is 3. The van der Waals surface area contributed by atoms with Gasteiger partial charge in [0.2, 0.25) is 0 Å². The van der Waals surface area contributed by atoms with Crippen LogP contribution in [-0.4, -0.2) is 34.2 Å². The second kappa shape index (κ2) is 10.1. The molecule has 0 aliphatic carbocycles. The Kier molecular flexibility index (Phi) is 7.51. The Balaban J connectivity index is 1.87. The lowest BCUT2D eigenvalue weighted by molar-refractivity contribution is -0.166. The Labute approximate surface area is 156 Å². The van der Waals surface area contributed by atoms with Crippen molar-refractivity contribution >= 4 is 17.9 Å². The zero-order valence-electron chi connectivity index (χ0n) is 14.5. The molecule has 0 aliphatic rings. The van der Waals surface area contributed by atoms with Crippen molar-refractivity contribution in [3.63, 3.8) is 0 Å². The van der Waals surface area contributed by atoms with Crippen LogP contribution in [0.15, 0.2) is 60.7 Å². The number of esters is 2. The molecule has 2 aromatic rings. The van der Waals surface area contributed by atoms with E-state index in [1.165, 1.54) is 0 Å². The average Bonchev–Trinajstić information content (AvgIpc) is 2.66. The summed E-state index contributed by atoms with van der Waals surface area (Å²) in [6.07, 6.45) is -2.39. The fourth-order valence-corrected chi connectivity index (χ4v) is 2.33. The van der Waals surface area contributed by atoms with Crippen LogP contribution < -0.4 is 0 Å². The maximum atomic E-state index is 12.0. The summed E-state index contributed by atoms with van der Waals surface area (Å²) in [6, 6.07) is 17.6. The van der Waals surface area contributed by atoms with E-state index in [1.807, 2.05) is 6.07 Å². The van der Waals surface area contributed by atoms with Crippen molar-refractivity contribution in [2.24, 2.45) is 5.92 Å². The van der Waals surface area contributed by atoms with Crippen molar-refractivity contribution in [1.29, 1.82) is 0 Å². The zero-order valence-corrected chi connectivity index (χ0v) is 14.5. The molecule has 0 heterocycles. The van der Waals surface area contributed by atoms with Crippen LogP contribution in [0.1, 0.15) is 17.5 Å². The predicted molar refractivity (Wildman–Crippen MR) is 94.2 cm³/mol. The number of hydrogen-bond acceptors (Lipinski definition) is 6. The fourth-order valence-electron chi connectivity index (χ4n) is 2.33. The summed E-state index contributed by atoms with van der Waals surface area (Å²) in [7, 11) is 0. The number of hydrogen-bond donors (Lipinski definition) is 2. The smallest absolute Gasteiger partial charge is 0.323 e. The van der Waals surface area contributed by atoms with Crippen LogP contribution in [0.4, 0.5) is 0 Å². The number of carboxylic acids is 1. The van der Waals surface area contributed by atoms with Gasteiger partial charge >= 0.3 is 17.9 Å². The number of aliphatic carboxylic acids is 1. The highest BCUT2D eigenvalue weighted by atomic mass is 16.5. The van der Waals surface area contributed by atoms with Gasteiger partial charge in [0.25, 0.3) is 0 Å². The van der Waals surface area contributed by atoms with Crippen molar-refractivity contribution in [2.75, 3.05) is 0 Å². The molecule has 2 N–H and O–H groups in total. The van der Waals surface area contributed by atoms with E-state index < -0.39 is 36.4 Å². The number of aliphatic hydroxyl groups excluding tert-OH is 1. The molecule has 0 spiro atoms. The van der Waals surface area contributed by atoms with E-state index in [0.29, 0.717) is 5.56 Å². The molecule has 0 aliphatic heterocycles. The van der Waals surface area contributed by atoms with Gasteiger partial charge in [-0.25, -0.2) is 0 Å². The average molecular weight is 372 g/mol. The molecule has 2 aromatic carbocycles. The molecule has 27 heavy (non-hydrogen) atoms. The lowest BCUT2D eigenvalue weighted by Gasteiger charge is -2.17. The second-order valence-corrected chi connectivity index (χ2v) is 5.83. The Hall–Kier alpha value is -3.19. The van der Waals surface area contributed by atoms with E-state index >= 15 is 0 Å². The standard InChI is InChI=1S/C20H20O7/c21-16(11-17(22)26-12-14-7-3-1-4-8-14)18(19(23)24)20(25)27-13-15-9-5-2-6-10-15/h1-10,16,18,21H,11-13H2,(H,23,24). The molecule has 2 unspecified atom stereocenters. The number of benzene rings is 2. The van der Waals surface area contributed by atoms with Crippen LogP contribution in [-0.2, 0) is 37.1 Å². The quantitative estimate of drug-likeness (QED) is 0.511. The molecule has 7 nitrogen and oxygen atoms in total. The summed E-state index contributed by atoms with van der Waals surface area (Å²) in [5.74, 6) is -5.38. The van der Waals surface area contributed by atoms with Gasteiger partial charge in [0, 0.05) is 0 Å². The minimum Gasteiger partial charge on any atom is -0.481 e. The molecule has 0 bridgehead atoms. The molecule has 142 valence electrons. The zero-order chi connectivity index (χ0) is 19.6. The largest absolute Gasteiger partial charge is 0.481 e. The molecular weight excluding hydrogens is 352 g/mol. The Bertz CT molecular complexity index is 758. The summed E-state index contributed by atoms with van der Waals surface area (Å²) < 4.78 is 9.95. The normalized spacial score (nSPS) is 12.6. The van der Waals surface area contributed by atoms with Crippen LogP contribution in [0.5, 0.6) is 0 Å². The molecule has 0 aromatic heterocycles. The van der Waals surface area contributed by atoms with Gasteiger partial charge < -0.3 is 19.7 Å². The third-order valence-corrected chi connectivity index (χ3v) is 3.75. The molecular formula is C20H20O7. The number of carboxylic acid groups (broad SMARTS) is 1. The lowest BCUT2D eigenvalue weighted by atomic mass is 10.00. The first-order valence-electron chi connectivity index (χ1n) is 8.28. The number of rotatable bonds is 9. The molecule has 0 saturated heterocycles. The van der Waals surface area contributed by atoms with E-state index in [2.05, 4.69) is 0 Å². The van der Waals surface area contributed by atoms with E-state index in [4.69, 9.17) is 9.47 Å². The molecule has 0 saturated carbocycles. The van der Waals surface area contributed by atoms with Crippen LogP contribution in [0.3, 0.4) is 0 Å². The van der Waals surface area contributed by atoms with Gasteiger partial charge in [-0.15, -0.1) is 0 Å². The molecule has 2 atom stereocenters. The van der Waals surface area contributed by atoms with E-state index in [1.54, 1.807) is 54.6 Å². The van der Waals surface area contributed by atoms with Crippen molar-refractivity contribution in [1.82, 2.24) is 0 Å². The molecule has 0 amide bonds. The third kappa shape index (κ3) is 6.56. The highest BCUT2D eigenvalue weighted by Gasteiger charge is 2.37. The van der Waals surface area contributed by atoms with Crippen LogP contribution in [0.25, 0.3) is 0 Å². The molecule has 2 rings (SSSR count). The lowest BCUT2D eigenvalue weighted by Crippen LogP contribution is -2.38. The van der Waals surface area contributed by atoms with Gasteiger partial charge in [-0.3, -0.25) is 14.4 Å². The van der Waals surface area contributed by atoms with Gasteiger partial charge in [0.15, 0.2) is 5.92 Å². The SMILES string of the molecule is O=C(CC(O)C(C(=O)O)C(=O)OCc1ccccc1)OCc1ccccc1. The first-order chi connectivity index (χ1) is 13.0. The maximum absolute atomic E-state index is 12.0. The van der Waals surface area contributed by atoms with Crippen molar-refractivity contribution in [2.45, 2.75) is 25.7 Å². The van der Waals surface area contributed by atoms with Gasteiger partial charge in [0.05, 0.1) is 12.5 Å². The van der Waals surface area contributed by atoms with Crippen molar-refractivity contribution in [3.8, 4) is 0 Å². The number of carbonyl (C=O) groups excluding carboxylic acids is 2. The van der Waals surface area contributed by atoms with Gasteiger partial charge in [-0.2, -0.15) is 0 Å². The molecule has 0 fully saturated rings. The molecule has 0 radical (unpaired) electrons. The number of aliphatic hydroxyl groups is 1. The van der Waals surface area contributed by atoms with Crippen LogP contribution in [0, 0.1) is 5.92 Å². The highest BCUT2D eigenvalue weighted by molar-refractivity contribution is 5.95. The Morgan fingerprint density at radius 3 is 1.78 bits per heavy atom. The maximum Gasteiger partial charge on any atom is 0.323 e. The third-order valence-electron chi connectivity index (χ3n) is 3.75. The van der Waals surface area contributed by atoms with E-state index in [-0.39, 0.29) is 13.2 Å². The first kappa shape index (κ1) is 20.1. The first-order valence-corrected chi connectivity index (χ1v) is 8.28. The van der Waals surface area contributed by atoms with Crippen LogP contribution in [0.2, 0.25) is 0 Å². The summed E-state index contributed by atoms with van der Waals surface area (Å²) in [6.45, 7) is -0.142. The van der Waals surface area contributed by atoms with Gasteiger partial charge in [-0.1, -0.05) is 60.7 Å². The summed E-state index contributed by atoms with van der Waals surface area (Å²) >= 11 is 0. The Morgan fingerprint density at radius 2 is 1.30 bits per heavy atom. The minimum atomic E-state index is -1.88. The van der Waals surface area contributed by atoms with Gasteiger partial charge in [-0.05, 0) is 11.1 Å². The fraction of sp³-hybridized carbons (Fsp3) is 0.250. The Morgan fingerprint density at radius 1 is 0.815 bits per heavy atom. The van der Waals surface area contributed by atoms with Crippen molar-refractivity contribution < 1.29 is 34.1 Å². The highest BCUT2D eigenvalue weighted by Crippen LogP contribution is 2.14. The predicted octanol–water partition coefficient (Wildman–Crippen LogP) is 1.92. The summed E-state index contributed by atoms with van der Waals surface area (Å²) in [5.41, 5.74) is 1.42. The van der Waals surface area contributed by atoms with Crippen molar-refractivity contribution in [3.05, 3.63) is 71.8 Å². The molecule has 7 heteroatoms.